The first-order valence-electron chi connectivity index (χ1n) is 10.2. The van der Waals surface area contributed by atoms with Crippen LogP contribution in [0.25, 0.3) is 17.2 Å². The number of nitrogens with two attached hydrogens (primary N) is 1. The molecule has 0 unspecified atom stereocenters. The van der Waals surface area contributed by atoms with Gasteiger partial charge in [0.25, 0.3) is 0 Å². The molecule has 0 fully saturated rings. The summed E-state index contributed by atoms with van der Waals surface area (Å²) < 4.78 is 5.85. The Bertz CT molecular complexity index is 1460. The van der Waals surface area contributed by atoms with Crippen molar-refractivity contribution in [1.82, 2.24) is 4.98 Å². The fraction of sp³-hybridized carbons (Fsp3) is 0.111. The minimum atomic E-state index is 0.134. The molecule has 1 heterocycles. The Morgan fingerprint density at radius 1 is 0.970 bits per heavy atom. The Kier molecular flexibility index (Phi) is 5.64. The number of benzene rings is 2. The van der Waals surface area contributed by atoms with Crippen LogP contribution in [0.5, 0.6) is 5.75 Å². The normalized spacial score (nSPS) is 13.2. The lowest BCUT2D eigenvalue weighted by Crippen LogP contribution is -2.03. The number of anilines is 1. The van der Waals surface area contributed by atoms with Crippen LogP contribution in [0.3, 0.4) is 0 Å². The predicted octanol–water partition coefficient (Wildman–Crippen LogP) is 5.15. The molecule has 0 saturated heterocycles. The van der Waals surface area contributed by atoms with Crippen LogP contribution in [-0.4, -0.2) is 4.98 Å². The highest BCUT2D eigenvalue weighted by atomic mass is 16.5. The molecule has 33 heavy (non-hydrogen) atoms. The van der Waals surface area contributed by atoms with Crippen LogP contribution >= 0.6 is 0 Å². The summed E-state index contributed by atoms with van der Waals surface area (Å²) in [6.07, 6.45) is 1.97. The zero-order valence-corrected chi connectivity index (χ0v) is 18.2. The second-order valence-corrected chi connectivity index (χ2v) is 7.63. The Morgan fingerprint density at radius 2 is 1.70 bits per heavy atom. The lowest BCUT2D eigenvalue weighted by Gasteiger charge is -2.11. The molecular formula is C27H19N5O. The number of hydrogen-bond donors (Lipinski definition) is 1. The van der Waals surface area contributed by atoms with E-state index in [0.29, 0.717) is 40.3 Å². The van der Waals surface area contributed by atoms with Gasteiger partial charge in [-0.25, -0.2) is 4.98 Å². The summed E-state index contributed by atoms with van der Waals surface area (Å²) in [7, 11) is 0. The molecule has 4 rings (SSSR count). The molecule has 0 aliphatic heterocycles. The van der Waals surface area contributed by atoms with Crippen molar-refractivity contribution in [1.29, 1.82) is 15.8 Å². The lowest BCUT2D eigenvalue weighted by molar-refractivity contribution is 0.306. The summed E-state index contributed by atoms with van der Waals surface area (Å²) >= 11 is 0. The van der Waals surface area contributed by atoms with Crippen LogP contribution in [0.15, 0.2) is 54.1 Å². The van der Waals surface area contributed by atoms with Gasteiger partial charge >= 0.3 is 0 Å². The molecule has 2 N–H and O–H groups in total. The second kappa shape index (κ2) is 8.71. The minimum Gasteiger partial charge on any atom is -0.489 e. The third kappa shape index (κ3) is 3.81. The van der Waals surface area contributed by atoms with E-state index in [0.717, 1.165) is 27.8 Å². The average Bonchev–Trinajstić information content (AvgIpc) is 3.09. The highest BCUT2D eigenvalue weighted by molar-refractivity contribution is 6.08. The number of nitrogen functional groups attached to an aromatic ring is 1. The summed E-state index contributed by atoms with van der Waals surface area (Å²) in [5, 5.41) is 28.4. The third-order valence-corrected chi connectivity index (χ3v) is 5.71. The molecule has 158 valence electrons. The van der Waals surface area contributed by atoms with E-state index in [1.165, 1.54) is 0 Å². The van der Waals surface area contributed by atoms with Crippen LogP contribution in [-0.2, 0) is 6.61 Å². The summed E-state index contributed by atoms with van der Waals surface area (Å²) in [5.74, 6) is 0.814. The van der Waals surface area contributed by atoms with E-state index in [1.807, 2.05) is 62.4 Å². The lowest BCUT2D eigenvalue weighted by atomic mass is 9.95. The number of nitriles is 3. The molecule has 1 aromatic heterocycles. The smallest absolute Gasteiger partial charge is 0.142 e. The number of rotatable bonds is 4. The van der Waals surface area contributed by atoms with Gasteiger partial charge in [-0.05, 0) is 60.4 Å². The van der Waals surface area contributed by atoms with E-state index in [2.05, 4.69) is 23.2 Å². The molecular weight excluding hydrogens is 410 g/mol. The Labute approximate surface area is 192 Å². The van der Waals surface area contributed by atoms with Gasteiger partial charge in [-0.2, -0.15) is 15.8 Å². The van der Waals surface area contributed by atoms with Crippen LogP contribution in [0, 0.1) is 40.9 Å². The topological polar surface area (TPSA) is 120 Å². The number of nitrogens with zero attached hydrogens (tertiary/aromatic N) is 4. The minimum absolute atomic E-state index is 0.134. The van der Waals surface area contributed by atoms with E-state index in [4.69, 9.17) is 10.5 Å². The van der Waals surface area contributed by atoms with E-state index >= 15 is 0 Å². The molecule has 0 saturated carbocycles. The third-order valence-electron chi connectivity index (χ3n) is 5.71. The van der Waals surface area contributed by atoms with Crippen molar-refractivity contribution in [2.75, 3.05) is 5.73 Å². The monoisotopic (exact) mass is 429 g/mol. The van der Waals surface area contributed by atoms with Crippen LogP contribution in [0.4, 0.5) is 5.82 Å². The zero-order valence-electron chi connectivity index (χ0n) is 18.2. The maximum atomic E-state index is 9.68. The molecule has 6 nitrogen and oxygen atoms in total. The van der Waals surface area contributed by atoms with Gasteiger partial charge in [0.15, 0.2) is 0 Å². The van der Waals surface area contributed by atoms with Crippen molar-refractivity contribution in [3.8, 4) is 24.0 Å². The number of aromatic nitrogens is 1. The molecule has 0 amide bonds. The number of ether oxygens (including phenoxy) is 1. The van der Waals surface area contributed by atoms with Crippen molar-refractivity contribution in [2.24, 2.45) is 0 Å². The molecule has 0 radical (unpaired) electrons. The summed E-state index contributed by atoms with van der Waals surface area (Å²) in [4.78, 5) is 4.35. The summed E-state index contributed by atoms with van der Waals surface area (Å²) in [6, 6.07) is 21.4. The zero-order chi connectivity index (χ0) is 23.5. The molecule has 0 atom stereocenters. The maximum absolute atomic E-state index is 9.68. The van der Waals surface area contributed by atoms with Gasteiger partial charge in [-0.15, -0.1) is 0 Å². The molecule has 0 bridgehead atoms. The Hall–Kier alpha value is -4.86. The number of pyridine rings is 1. The van der Waals surface area contributed by atoms with Gasteiger partial charge in [-0.1, -0.05) is 30.3 Å². The van der Waals surface area contributed by atoms with Crippen LogP contribution in [0.1, 0.15) is 46.0 Å². The average molecular weight is 429 g/mol. The molecule has 3 aromatic rings. The van der Waals surface area contributed by atoms with Crippen molar-refractivity contribution < 1.29 is 4.74 Å². The van der Waals surface area contributed by atoms with E-state index < -0.39 is 0 Å². The highest BCUT2D eigenvalue weighted by Crippen LogP contribution is 2.44. The van der Waals surface area contributed by atoms with E-state index in [1.54, 1.807) is 6.07 Å². The standard InChI is InChI=1S/C27H19N5O/c1-16-22(25-17(2)24(14-30)27(31)32-26(25)23(16)13-29)11-18-7-9-21(10-8-18)33-15-20-6-4-3-5-19(20)12-28/h3-11H,15H2,1-2H3,(H2,31,32). The second-order valence-electron chi connectivity index (χ2n) is 7.63. The fourth-order valence-corrected chi connectivity index (χ4v) is 3.94. The summed E-state index contributed by atoms with van der Waals surface area (Å²) in [5.41, 5.74) is 12.7. The van der Waals surface area contributed by atoms with Gasteiger partial charge in [0.1, 0.15) is 30.3 Å². The SMILES string of the molecule is CC1=C(C#N)c2nc(N)c(C#N)c(C)c2C1=Cc1ccc(OCc2ccccc2C#N)cc1. The molecule has 6 heteroatoms. The van der Waals surface area contributed by atoms with E-state index in [-0.39, 0.29) is 5.82 Å². The van der Waals surface area contributed by atoms with Crippen molar-refractivity contribution >= 4 is 23.0 Å². The number of hydrogen-bond acceptors (Lipinski definition) is 6. The van der Waals surface area contributed by atoms with Crippen molar-refractivity contribution in [2.45, 2.75) is 20.5 Å². The highest BCUT2D eigenvalue weighted by Gasteiger charge is 2.29. The predicted molar refractivity (Wildman–Crippen MR) is 126 cm³/mol. The Morgan fingerprint density at radius 3 is 2.36 bits per heavy atom. The molecule has 1 aliphatic carbocycles. The Balaban J connectivity index is 1.65. The number of fused-ring (bicyclic) bond motifs is 1. The van der Waals surface area contributed by atoms with Gasteiger partial charge < -0.3 is 10.5 Å². The van der Waals surface area contributed by atoms with Crippen LogP contribution < -0.4 is 10.5 Å². The van der Waals surface area contributed by atoms with Gasteiger partial charge in [0.2, 0.25) is 0 Å². The van der Waals surface area contributed by atoms with Crippen molar-refractivity contribution in [3.63, 3.8) is 0 Å². The van der Waals surface area contributed by atoms with Gasteiger partial charge in [0, 0.05) is 11.1 Å². The summed E-state index contributed by atoms with van der Waals surface area (Å²) in [6.45, 7) is 4.00. The van der Waals surface area contributed by atoms with E-state index in [9.17, 15) is 15.8 Å². The van der Waals surface area contributed by atoms with Gasteiger partial charge in [-0.3, -0.25) is 0 Å². The largest absolute Gasteiger partial charge is 0.489 e. The number of allylic oxidation sites excluding steroid dienone is 3. The quantitative estimate of drug-likeness (QED) is 0.613. The maximum Gasteiger partial charge on any atom is 0.142 e. The molecule has 2 aromatic carbocycles. The van der Waals surface area contributed by atoms with Crippen molar-refractivity contribution in [3.05, 3.63) is 93.2 Å². The first kappa shape index (κ1) is 21.4. The fourth-order valence-electron chi connectivity index (χ4n) is 3.94. The van der Waals surface area contributed by atoms with Gasteiger partial charge in [0.05, 0.1) is 28.5 Å². The molecule has 1 aliphatic rings. The van der Waals surface area contributed by atoms with Crippen LogP contribution in [0.2, 0.25) is 0 Å². The molecule has 0 spiro atoms. The first-order chi connectivity index (χ1) is 16.0. The first-order valence-corrected chi connectivity index (χ1v) is 10.2.